The number of nitrogens with two attached hydrogens (primary N) is 1. The number of nitrogens with zero attached hydrogens (tertiary/aromatic N) is 1. The average molecular weight is 244 g/mol. The molecule has 0 aliphatic heterocycles. The van der Waals surface area contributed by atoms with Crippen molar-refractivity contribution in [1.29, 1.82) is 0 Å². The molecular formula is C14H32N2O. The van der Waals surface area contributed by atoms with Crippen LogP contribution in [0.4, 0.5) is 0 Å². The summed E-state index contributed by atoms with van der Waals surface area (Å²) in [7, 11) is 0. The maximum Gasteiger partial charge on any atom is 0.0717 e. The average Bonchev–Trinajstić information content (AvgIpc) is 2.21. The lowest BCUT2D eigenvalue weighted by atomic mass is 10.1. The second-order valence-electron chi connectivity index (χ2n) is 5.94. The molecule has 0 radical (unpaired) electrons. The normalized spacial score (nSPS) is 18.2. The summed E-state index contributed by atoms with van der Waals surface area (Å²) in [6.07, 6.45) is 1.25. The molecule has 0 bridgehead atoms. The first kappa shape index (κ1) is 16.9. The Morgan fingerprint density at radius 2 is 1.71 bits per heavy atom. The minimum atomic E-state index is -0.121. The molecule has 0 fully saturated rings. The molecule has 17 heavy (non-hydrogen) atoms. The second-order valence-corrected chi connectivity index (χ2v) is 5.94. The fraction of sp³-hybridized carbons (Fsp3) is 1.00. The molecule has 3 nitrogen and oxygen atoms in total. The first-order valence-corrected chi connectivity index (χ1v) is 6.88. The molecule has 0 rings (SSSR count). The van der Waals surface area contributed by atoms with Crippen LogP contribution in [0, 0.1) is 0 Å². The Kier molecular flexibility index (Phi) is 7.29. The van der Waals surface area contributed by atoms with E-state index in [1.807, 2.05) is 0 Å². The van der Waals surface area contributed by atoms with Crippen LogP contribution in [0.1, 0.15) is 54.9 Å². The van der Waals surface area contributed by atoms with Crippen LogP contribution in [-0.2, 0) is 4.74 Å². The quantitative estimate of drug-likeness (QED) is 0.748. The van der Waals surface area contributed by atoms with E-state index in [2.05, 4.69) is 53.4 Å². The topological polar surface area (TPSA) is 38.5 Å². The molecule has 0 heterocycles. The van der Waals surface area contributed by atoms with Crippen molar-refractivity contribution >= 4 is 0 Å². The Morgan fingerprint density at radius 1 is 1.18 bits per heavy atom. The lowest BCUT2D eigenvalue weighted by Crippen LogP contribution is -2.49. The molecule has 0 aromatic heterocycles. The number of likely N-dealkylation sites (N-methyl/N-ethyl adjacent to an activating group) is 1. The van der Waals surface area contributed by atoms with Gasteiger partial charge in [0.2, 0.25) is 0 Å². The number of hydrogen-bond acceptors (Lipinski definition) is 3. The molecule has 0 amide bonds. The molecule has 0 aliphatic carbocycles. The summed E-state index contributed by atoms with van der Waals surface area (Å²) in [5, 5.41) is 0. The van der Waals surface area contributed by atoms with Gasteiger partial charge in [-0.2, -0.15) is 0 Å². The number of rotatable bonds is 7. The van der Waals surface area contributed by atoms with Crippen molar-refractivity contribution in [2.75, 3.05) is 13.1 Å². The summed E-state index contributed by atoms with van der Waals surface area (Å²) in [6.45, 7) is 16.9. The summed E-state index contributed by atoms with van der Waals surface area (Å²) in [5.41, 5.74) is 6.11. The predicted molar refractivity (Wildman–Crippen MR) is 75.3 cm³/mol. The molecule has 0 aromatic carbocycles. The minimum Gasteiger partial charge on any atom is -0.371 e. The fourth-order valence-corrected chi connectivity index (χ4v) is 1.94. The van der Waals surface area contributed by atoms with Gasteiger partial charge in [0.25, 0.3) is 0 Å². The van der Waals surface area contributed by atoms with E-state index >= 15 is 0 Å². The molecule has 0 aliphatic rings. The summed E-state index contributed by atoms with van der Waals surface area (Å²) in [5.74, 6) is 0. The van der Waals surface area contributed by atoms with Gasteiger partial charge in [-0.25, -0.2) is 0 Å². The molecule has 1 unspecified atom stereocenters. The smallest absolute Gasteiger partial charge is 0.0717 e. The summed E-state index contributed by atoms with van der Waals surface area (Å²) < 4.78 is 5.91. The Balaban J connectivity index is 4.26. The van der Waals surface area contributed by atoms with Crippen LogP contribution in [-0.4, -0.2) is 41.8 Å². The highest BCUT2D eigenvalue weighted by Gasteiger charge is 2.23. The highest BCUT2D eigenvalue weighted by Crippen LogP contribution is 2.13. The summed E-state index contributed by atoms with van der Waals surface area (Å²) in [6, 6.07) is 0.663. The first-order valence-electron chi connectivity index (χ1n) is 6.88. The third-order valence-electron chi connectivity index (χ3n) is 3.21. The van der Waals surface area contributed by atoms with Crippen LogP contribution in [0.5, 0.6) is 0 Å². The Hall–Kier alpha value is -0.120. The van der Waals surface area contributed by atoms with Gasteiger partial charge in [-0.15, -0.1) is 0 Å². The Bertz CT molecular complexity index is 201. The van der Waals surface area contributed by atoms with Crippen LogP contribution in [0.15, 0.2) is 0 Å². The largest absolute Gasteiger partial charge is 0.371 e. The lowest BCUT2D eigenvalue weighted by molar-refractivity contribution is -0.0655. The highest BCUT2D eigenvalue weighted by molar-refractivity contribution is 4.78. The van der Waals surface area contributed by atoms with Gasteiger partial charge >= 0.3 is 0 Å². The Labute approximate surface area is 108 Å². The van der Waals surface area contributed by atoms with E-state index in [4.69, 9.17) is 10.5 Å². The summed E-state index contributed by atoms with van der Waals surface area (Å²) >= 11 is 0. The van der Waals surface area contributed by atoms with Gasteiger partial charge in [0.15, 0.2) is 0 Å². The van der Waals surface area contributed by atoms with E-state index < -0.39 is 0 Å². The van der Waals surface area contributed by atoms with Crippen molar-refractivity contribution in [1.82, 2.24) is 4.90 Å². The van der Waals surface area contributed by atoms with Gasteiger partial charge < -0.3 is 10.5 Å². The minimum absolute atomic E-state index is 0.0724. The zero-order chi connectivity index (χ0) is 13.6. The highest BCUT2D eigenvalue weighted by atomic mass is 16.5. The monoisotopic (exact) mass is 244 g/mol. The molecule has 0 saturated carbocycles. The van der Waals surface area contributed by atoms with Crippen LogP contribution in [0.2, 0.25) is 0 Å². The van der Waals surface area contributed by atoms with Crippen molar-refractivity contribution in [2.45, 2.75) is 78.7 Å². The van der Waals surface area contributed by atoms with Crippen LogP contribution in [0.25, 0.3) is 0 Å². The van der Waals surface area contributed by atoms with Crippen molar-refractivity contribution in [2.24, 2.45) is 5.73 Å². The molecule has 104 valence electrons. The van der Waals surface area contributed by atoms with E-state index in [-0.39, 0.29) is 17.7 Å². The molecule has 3 atom stereocenters. The third-order valence-corrected chi connectivity index (χ3v) is 3.21. The van der Waals surface area contributed by atoms with Gasteiger partial charge in [0, 0.05) is 18.6 Å². The second kappa shape index (κ2) is 7.34. The van der Waals surface area contributed by atoms with E-state index in [1.165, 1.54) is 0 Å². The van der Waals surface area contributed by atoms with Crippen molar-refractivity contribution in [3.8, 4) is 0 Å². The fourth-order valence-electron chi connectivity index (χ4n) is 1.94. The zero-order valence-corrected chi connectivity index (χ0v) is 12.8. The maximum atomic E-state index is 6.23. The van der Waals surface area contributed by atoms with Gasteiger partial charge in [0.05, 0.1) is 11.7 Å². The van der Waals surface area contributed by atoms with E-state index in [0.29, 0.717) is 6.04 Å². The summed E-state index contributed by atoms with van der Waals surface area (Å²) in [4.78, 5) is 2.42. The zero-order valence-electron chi connectivity index (χ0n) is 12.8. The third kappa shape index (κ3) is 7.02. The number of ether oxygens (including phenoxy) is 1. The van der Waals surface area contributed by atoms with E-state index in [0.717, 1.165) is 19.5 Å². The Morgan fingerprint density at radius 3 is 2.06 bits per heavy atom. The predicted octanol–water partition coefficient (Wildman–Crippen LogP) is 2.64. The first-order chi connectivity index (χ1) is 7.71. The molecule has 3 heteroatoms. The number of hydrogen-bond donors (Lipinski definition) is 1. The molecule has 0 saturated heterocycles. The van der Waals surface area contributed by atoms with Crippen molar-refractivity contribution < 1.29 is 4.74 Å². The molecule has 0 spiro atoms. The molecule has 0 aromatic rings. The molecular weight excluding hydrogens is 212 g/mol. The van der Waals surface area contributed by atoms with E-state index in [9.17, 15) is 0 Å². The van der Waals surface area contributed by atoms with Crippen LogP contribution < -0.4 is 5.73 Å². The molecule has 2 N–H and O–H groups in total. The van der Waals surface area contributed by atoms with Gasteiger partial charge in [-0.3, -0.25) is 4.90 Å². The van der Waals surface area contributed by atoms with Crippen molar-refractivity contribution in [3.05, 3.63) is 0 Å². The van der Waals surface area contributed by atoms with Crippen LogP contribution >= 0.6 is 0 Å². The van der Waals surface area contributed by atoms with Crippen LogP contribution in [0.3, 0.4) is 0 Å². The van der Waals surface area contributed by atoms with Gasteiger partial charge in [-0.05, 0) is 47.6 Å². The van der Waals surface area contributed by atoms with Gasteiger partial charge in [0.1, 0.15) is 0 Å². The van der Waals surface area contributed by atoms with E-state index in [1.54, 1.807) is 0 Å². The van der Waals surface area contributed by atoms with Gasteiger partial charge in [-0.1, -0.05) is 13.8 Å². The standard InChI is InChI=1S/C14H32N2O/c1-8-11(3)16(9-2)10-13(15)12(4)17-14(5,6)7/h11-13H,8-10,15H2,1-7H3/t11?,12-,13-/m1/s1. The SMILES string of the molecule is CCC(C)N(CC)C[C@@H](N)[C@@H](C)OC(C)(C)C. The lowest BCUT2D eigenvalue weighted by Gasteiger charge is -2.34. The maximum absolute atomic E-state index is 6.23. The van der Waals surface area contributed by atoms with Crippen molar-refractivity contribution in [3.63, 3.8) is 0 Å².